The van der Waals surface area contributed by atoms with Gasteiger partial charge in [-0.05, 0) is 26.0 Å². The number of aliphatic imine (C=N–C) groups is 1. The third-order valence-corrected chi connectivity index (χ3v) is 5.87. The second-order valence-corrected chi connectivity index (χ2v) is 8.05. The van der Waals surface area contributed by atoms with Gasteiger partial charge in [-0.25, -0.2) is 9.98 Å². The zero-order valence-corrected chi connectivity index (χ0v) is 21.3. The molecule has 2 fully saturated rings. The minimum atomic E-state index is 0. The molecule has 10 heteroatoms. The molecule has 4 rings (SSSR count). The van der Waals surface area contributed by atoms with Gasteiger partial charge >= 0.3 is 0 Å². The number of morpholine rings is 1. The highest BCUT2D eigenvalue weighted by Crippen LogP contribution is 2.10. The van der Waals surface area contributed by atoms with Crippen LogP contribution < -0.4 is 5.32 Å². The lowest BCUT2D eigenvalue weighted by molar-refractivity contribution is -0.136. The number of guanidine groups is 1. The van der Waals surface area contributed by atoms with E-state index in [9.17, 15) is 4.79 Å². The van der Waals surface area contributed by atoms with Crippen LogP contribution in [-0.4, -0.2) is 102 Å². The van der Waals surface area contributed by atoms with Crippen molar-refractivity contribution in [2.75, 3.05) is 65.6 Å². The second kappa shape index (κ2) is 11.8. The molecule has 2 aromatic rings. The van der Waals surface area contributed by atoms with Crippen molar-refractivity contribution in [2.45, 2.75) is 20.4 Å². The monoisotopic (exact) mass is 555 g/mol. The lowest BCUT2D eigenvalue weighted by atomic mass is 10.3. The van der Waals surface area contributed by atoms with Crippen LogP contribution in [0.3, 0.4) is 0 Å². The summed E-state index contributed by atoms with van der Waals surface area (Å²) in [5.74, 6) is 1.12. The van der Waals surface area contributed by atoms with Crippen molar-refractivity contribution in [2.24, 2.45) is 4.99 Å². The van der Waals surface area contributed by atoms with Gasteiger partial charge in [-0.15, -0.1) is 24.0 Å². The number of piperazine rings is 1. The van der Waals surface area contributed by atoms with E-state index in [2.05, 4.69) is 45.6 Å². The number of hydrogen-bond donors (Lipinski definition) is 1. The first-order valence-electron chi connectivity index (χ1n) is 11.2. The predicted octanol–water partition coefficient (Wildman–Crippen LogP) is 1.20. The summed E-state index contributed by atoms with van der Waals surface area (Å²) in [7, 11) is 0. The number of pyridine rings is 1. The number of halogens is 1. The average Bonchev–Trinajstić information content (AvgIpc) is 3.22. The van der Waals surface area contributed by atoms with Gasteiger partial charge in [0.15, 0.2) is 5.96 Å². The normalized spacial score (nSPS) is 18.0. The Kier molecular flexibility index (Phi) is 9.11. The minimum absolute atomic E-state index is 0. The number of fused-ring (bicyclic) bond motifs is 1. The standard InChI is InChI=1S/C22H33N7O2.HI/c1-3-23-22(24-15-19-16-29-18(2)5-4-6-20(29)25-19)28-9-7-26(8-10-28)17-21(30)27-11-13-31-14-12-27;/h4-6,16H,3,7-15,17H2,1-2H3,(H,23,24);1H. The first-order valence-corrected chi connectivity index (χ1v) is 11.2. The summed E-state index contributed by atoms with van der Waals surface area (Å²) in [6, 6.07) is 6.12. The maximum atomic E-state index is 12.5. The van der Waals surface area contributed by atoms with E-state index >= 15 is 0 Å². The van der Waals surface area contributed by atoms with Gasteiger partial charge in [0.05, 0.1) is 32.0 Å². The fraction of sp³-hybridized carbons (Fsp3) is 0.591. The molecule has 0 unspecified atom stereocenters. The maximum Gasteiger partial charge on any atom is 0.236 e. The number of rotatable bonds is 5. The highest BCUT2D eigenvalue weighted by molar-refractivity contribution is 14.0. The first kappa shape index (κ1) is 24.7. The van der Waals surface area contributed by atoms with Crippen LogP contribution in [0.1, 0.15) is 18.3 Å². The number of nitrogens with zero attached hydrogens (tertiary/aromatic N) is 6. The molecular formula is C22H34IN7O2. The zero-order valence-electron chi connectivity index (χ0n) is 19.0. The molecule has 1 amide bonds. The van der Waals surface area contributed by atoms with Gasteiger partial charge in [0.2, 0.25) is 5.91 Å². The predicted molar refractivity (Wildman–Crippen MR) is 136 cm³/mol. The summed E-state index contributed by atoms with van der Waals surface area (Å²) in [6.07, 6.45) is 2.06. The van der Waals surface area contributed by atoms with Crippen LogP contribution >= 0.6 is 24.0 Å². The molecule has 4 heterocycles. The molecule has 9 nitrogen and oxygen atoms in total. The molecule has 0 bridgehead atoms. The highest BCUT2D eigenvalue weighted by atomic mass is 127. The number of imidazole rings is 1. The SMILES string of the molecule is CCNC(=NCc1cn2c(C)cccc2n1)N1CCN(CC(=O)N2CCOCC2)CC1.I. The van der Waals surface area contributed by atoms with Crippen molar-refractivity contribution >= 4 is 41.5 Å². The summed E-state index contributed by atoms with van der Waals surface area (Å²) in [4.78, 5) is 28.5. The number of aromatic nitrogens is 2. The van der Waals surface area contributed by atoms with Crippen molar-refractivity contribution in [3.63, 3.8) is 0 Å². The van der Waals surface area contributed by atoms with Crippen molar-refractivity contribution in [1.82, 2.24) is 29.4 Å². The Bertz CT molecular complexity index is 918. The molecule has 0 atom stereocenters. The lowest BCUT2D eigenvalue weighted by Gasteiger charge is -2.37. The maximum absolute atomic E-state index is 12.5. The molecule has 0 radical (unpaired) electrons. The number of carbonyl (C=O) groups is 1. The Morgan fingerprint density at radius 3 is 2.56 bits per heavy atom. The van der Waals surface area contributed by atoms with Crippen LogP contribution in [0.5, 0.6) is 0 Å². The quantitative estimate of drug-likeness (QED) is 0.340. The van der Waals surface area contributed by atoms with Gasteiger partial charge in [0.1, 0.15) is 5.65 Å². The number of carbonyl (C=O) groups excluding carboxylic acids is 1. The molecular weight excluding hydrogens is 521 g/mol. The van der Waals surface area contributed by atoms with Crippen molar-refractivity contribution in [3.8, 4) is 0 Å². The number of ether oxygens (including phenoxy) is 1. The molecule has 2 aliphatic heterocycles. The largest absolute Gasteiger partial charge is 0.378 e. The van der Waals surface area contributed by atoms with Crippen LogP contribution in [0, 0.1) is 6.92 Å². The second-order valence-electron chi connectivity index (χ2n) is 8.05. The van der Waals surface area contributed by atoms with E-state index in [0.29, 0.717) is 39.4 Å². The van der Waals surface area contributed by atoms with Gasteiger partial charge < -0.3 is 24.3 Å². The Balaban J connectivity index is 0.00000289. The van der Waals surface area contributed by atoms with Gasteiger partial charge in [0, 0.05) is 57.7 Å². The number of hydrogen-bond acceptors (Lipinski definition) is 5. The van der Waals surface area contributed by atoms with E-state index in [0.717, 1.165) is 55.7 Å². The van der Waals surface area contributed by atoms with E-state index in [1.54, 1.807) is 0 Å². The molecule has 32 heavy (non-hydrogen) atoms. The average molecular weight is 555 g/mol. The van der Waals surface area contributed by atoms with Gasteiger partial charge in [0.25, 0.3) is 0 Å². The first-order chi connectivity index (χ1) is 15.1. The number of amides is 1. The highest BCUT2D eigenvalue weighted by Gasteiger charge is 2.24. The molecule has 2 aromatic heterocycles. The topological polar surface area (TPSA) is 77.7 Å². The smallest absolute Gasteiger partial charge is 0.236 e. The lowest BCUT2D eigenvalue weighted by Crippen LogP contribution is -2.54. The Morgan fingerprint density at radius 1 is 1.12 bits per heavy atom. The molecule has 0 spiro atoms. The Morgan fingerprint density at radius 2 is 1.88 bits per heavy atom. The van der Waals surface area contributed by atoms with Gasteiger partial charge in [-0.3, -0.25) is 9.69 Å². The third kappa shape index (κ3) is 6.10. The summed E-state index contributed by atoms with van der Waals surface area (Å²) >= 11 is 0. The Hall–Kier alpha value is -1.92. The summed E-state index contributed by atoms with van der Waals surface area (Å²) in [5.41, 5.74) is 3.07. The van der Waals surface area contributed by atoms with Crippen LogP contribution in [-0.2, 0) is 16.1 Å². The molecule has 1 N–H and O–H groups in total. The summed E-state index contributed by atoms with van der Waals surface area (Å²) < 4.78 is 7.44. The fourth-order valence-corrected chi connectivity index (χ4v) is 4.08. The molecule has 0 saturated carbocycles. The Labute approximate surface area is 206 Å². The minimum Gasteiger partial charge on any atom is -0.378 e. The van der Waals surface area contributed by atoms with Crippen LogP contribution in [0.2, 0.25) is 0 Å². The third-order valence-electron chi connectivity index (χ3n) is 5.87. The molecule has 0 aromatic carbocycles. The van der Waals surface area contributed by atoms with Crippen molar-refractivity contribution < 1.29 is 9.53 Å². The van der Waals surface area contributed by atoms with Crippen LogP contribution in [0.25, 0.3) is 5.65 Å². The molecule has 2 aliphatic rings. The summed E-state index contributed by atoms with van der Waals surface area (Å²) in [6.45, 7) is 12.1. The van der Waals surface area contributed by atoms with E-state index in [4.69, 9.17) is 14.7 Å². The molecule has 176 valence electrons. The molecule has 2 saturated heterocycles. The van der Waals surface area contributed by atoms with E-state index < -0.39 is 0 Å². The zero-order chi connectivity index (χ0) is 21.6. The van der Waals surface area contributed by atoms with Crippen LogP contribution in [0.15, 0.2) is 29.4 Å². The van der Waals surface area contributed by atoms with Crippen LogP contribution in [0.4, 0.5) is 0 Å². The summed E-state index contributed by atoms with van der Waals surface area (Å²) in [5, 5.41) is 3.41. The van der Waals surface area contributed by atoms with E-state index in [1.807, 2.05) is 17.0 Å². The fourth-order valence-electron chi connectivity index (χ4n) is 4.08. The van der Waals surface area contributed by atoms with E-state index in [1.165, 1.54) is 0 Å². The van der Waals surface area contributed by atoms with Crippen molar-refractivity contribution in [1.29, 1.82) is 0 Å². The van der Waals surface area contributed by atoms with E-state index in [-0.39, 0.29) is 29.9 Å². The number of aryl methyl sites for hydroxylation is 1. The number of nitrogens with one attached hydrogen (secondary N) is 1. The van der Waals surface area contributed by atoms with Gasteiger partial charge in [-0.1, -0.05) is 6.07 Å². The molecule has 0 aliphatic carbocycles. The van der Waals surface area contributed by atoms with Gasteiger partial charge in [-0.2, -0.15) is 0 Å². The van der Waals surface area contributed by atoms with Crippen molar-refractivity contribution in [3.05, 3.63) is 35.8 Å².